The van der Waals surface area contributed by atoms with Crippen LogP contribution in [0.25, 0.3) is 16.9 Å². The van der Waals surface area contributed by atoms with Crippen molar-refractivity contribution in [2.45, 2.75) is 18.9 Å². The first-order valence-corrected chi connectivity index (χ1v) is 7.08. The minimum absolute atomic E-state index is 0.0428. The van der Waals surface area contributed by atoms with E-state index in [4.69, 9.17) is 4.74 Å². The first-order valence-electron chi connectivity index (χ1n) is 7.08. The molecule has 5 nitrogen and oxygen atoms in total. The molecule has 0 aliphatic carbocycles. The molecule has 3 heterocycles. The highest BCUT2D eigenvalue weighted by atomic mass is 16.5. The highest BCUT2D eigenvalue weighted by Gasteiger charge is 2.26. The number of fused-ring (bicyclic) bond motifs is 1. The number of aromatic hydroxyl groups is 1. The van der Waals surface area contributed by atoms with Crippen molar-refractivity contribution in [1.82, 2.24) is 14.5 Å². The molecule has 1 saturated heterocycles. The molecule has 1 atom stereocenters. The Bertz CT molecular complexity index is 791. The van der Waals surface area contributed by atoms with Crippen LogP contribution in [0.1, 0.15) is 24.8 Å². The number of nitrogens with zero attached hydrogens (tertiary/aromatic N) is 3. The molecule has 2 aromatic heterocycles. The summed E-state index contributed by atoms with van der Waals surface area (Å²) in [4.78, 5) is 9.10. The highest BCUT2D eigenvalue weighted by Crippen LogP contribution is 2.34. The predicted molar refractivity (Wildman–Crippen MR) is 78.5 cm³/mol. The van der Waals surface area contributed by atoms with Crippen LogP contribution in [0.2, 0.25) is 0 Å². The van der Waals surface area contributed by atoms with Crippen molar-refractivity contribution >= 4 is 11.2 Å². The summed E-state index contributed by atoms with van der Waals surface area (Å²) >= 11 is 0. The minimum atomic E-state index is -0.0428. The average molecular weight is 281 g/mol. The van der Waals surface area contributed by atoms with Crippen molar-refractivity contribution in [2.75, 3.05) is 6.61 Å². The second kappa shape index (κ2) is 4.86. The van der Waals surface area contributed by atoms with Gasteiger partial charge >= 0.3 is 0 Å². The third kappa shape index (κ3) is 1.97. The summed E-state index contributed by atoms with van der Waals surface area (Å²) in [5, 5.41) is 10.2. The Hall–Kier alpha value is -2.40. The molecule has 1 aliphatic rings. The van der Waals surface area contributed by atoms with Crippen LogP contribution in [0.4, 0.5) is 0 Å². The number of aromatic nitrogens is 3. The Morgan fingerprint density at radius 2 is 2.10 bits per heavy atom. The summed E-state index contributed by atoms with van der Waals surface area (Å²) in [6, 6.07) is 11.0. The van der Waals surface area contributed by atoms with Crippen molar-refractivity contribution in [3.8, 4) is 11.4 Å². The number of rotatable bonds is 2. The van der Waals surface area contributed by atoms with E-state index in [2.05, 4.69) is 9.97 Å². The van der Waals surface area contributed by atoms with Crippen LogP contribution in [-0.4, -0.2) is 26.2 Å². The number of benzene rings is 1. The monoisotopic (exact) mass is 281 g/mol. The van der Waals surface area contributed by atoms with Crippen LogP contribution < -0.4 is 0 Å². The summed E-state index contributed by atoms with van der Waals surface area (Å²) in [7, 11) is 0. The molecule has 3 aromatic rings. The SMILES string of the molecule is Oc1ccccc1-n1c(C2CCCO2)nc2cccnc21. The maximum atomic E-state index is 10.2. The fraction of sp³-hybridized carbons (Fsp3) is 0.250. The number of hydrogen-bond acceptors (Lipinski definition) is 4. The summed E-state index contributed by atoms with van der Waals surface area (Å²) in [6.07, 6.45) is 3.66. The number of imidazole rings is 1. The zero-order chi connectivity index (χ0) is 14.2. The Morgan fingerprint density at radius 3 is 2.90 bits per heavy atom. The van der Waals surface area contributed by atoms with Gasteiger partial charge in [0.05, 0.1) is 5.69 Å². The van der Waals surface area contributed by atoms with E-state index in [1.54, 1.807) is 18.3 Å². The molecule has 1 N–H and O–H groups in total. The molecule has 106 valence electrons. The third-order valence-corrected chi connectivity index (χ3v) is 3.78. The maximum absolute atomic E-state index is 10.2. The molecule has 1 unspecified atom stereocenters. The van der Waals surface area contributed by atoms with Gasteiger partial charge in [-0.2, -0.15) is 0 Å². The molecule has 0 radical (unpaired) electrons. The van der Waals surface area contributed by atoms with Crippen LogP contribution in [0.5, 0.6) is 5.75 Å². The Kier molecular flexibility index (Phi) is 2.86. The van der Waals surface area contributed by atoms with E-state index in [9.17, 15) is 5.11 Å². The van der Waals surface area contributed by atoms with E-state index < -0.39 is 0 Å². The van der Waals surface area contributed by atoms with Gasteiger partial charge < -0.3 is 9.84 Å². The molecule has 1 aromatic carbocycles. The zero-order valence-electron chi connectivity index (χ0n) is 11.4. The number of para-hydroxylation sites is 2. The molecule has 1 fully saturated rings. The number of pyridine rings is 1. The predicted octanol–water partition coefficient (Wildman–Crippen LogP) is 2.98. The smallest absolute Gasteiger partial charge is 0.164 e. The van der Waals surface area contributed by atoms with Crippen LogP contribution >= 0.6 is 0 Å². The molecular weight excluding hydrogens is 266 g/mol. The normalized spacial score (nSPS) is 18.4. The average Bonchev–Trinajstić information content (AvgIpc) is 3.15. The highest BCUT2D eigenvalue weighted by molar-refractivity contribution is 5.74. The minimum Gasteiger partial charge on any atom is -0.506 e. The molecule has 0 bridgehead atoms. The Morgan fingerprint density at radius 1 is 1.19 bits per heavy atom. The topological polar surface area (TPSA) is 60.2 Å². The second-order valence-electron chi connectivity index (χ2n) is 5.14. The van der Waals surface area contributed by atoms with E-state index in [1.807, 2.05) is 28.8 Å². The van der Waals surface area contributed by atoms with Gasteiger partial charge in [0, 0.05) is 12.8 Å². The lowest BCUT2D eigenvalue weighted by atomic mass is 10.2. The molecule has 5 heteroatoms. The van der Waals surface area contributed by atoms with Gasteiger partial charge in [-0.1, -0.05) is 12.1 Å². The molecule has 0 saturated carbocycles. The quantitative estimate of drug-likeness (QED) is 0.784. The van der Waals surface area contributed by atoms with Gasteiger partial charge in [-0.05, 0) is 37.1 Å². The lowest BCUT2D eigenvalue weighted by Gasteiger charge is -2.14. The molecule has 0 amide bonds. The fourth-order valence-corrected chi connectivity index (χ4v) is 2.82. The Labute approximate surface area is 121 Å². The van der Waals surface area contributed by atoms with Crippen LogP contribution in [0, 0.1) is 0 Å². The molecule has 0 spiro atoms. The summed E-state index contributed by atoms with van der Waals surface area (Å²) in [5.41, 5.74) is 2.24. The zero-order valence-corrected chi connectivity index (χ0v) is 11.4. The second-order valence-corrected chi connectivity index (χ2v) is 5.14. The number of ether oxygens (including phenoxy) is 1. The van der Waals surface area contributed by atoms with Crippen molar-refractivity contribution in [2.24, 2.45) is 0 Å². The van der Waals surface area contributed by atoms with E-state index in [-0.39, 0.29) is 11.9 Å². The summed E-state index contributed by atoms with van der Waals surface area (Å²) in [6.45, 7) is 0.752. The van der Waals surface area contributed by atoms with E-state index in [0.29, 0.717) is 5.69 Å². The third-order valence-electron chi connectivity index (χ3n) is 3.78. The fourth-order valence-electron chi connectivity index (χ4n) is 2.82. The van der Waals surface area contributed by atoms with Gasteiger partial charge in [-0.15, -0.1) is 0 Å². The molecule has 4 rings (SSSR count). The molecule has 1 aliphatic heterocycles. The largest absolute Gasteiger partial charge is 0.506 e. The van der Waals surface area contributed by atoms with Gasteiger partial charge in [0.1, 0.15) is 23.2 Å². The lowest BCUT2D eigenvalue weighted by Crippen LogP contribution is -2.07. The van der Waals surface area contributed by atoms with Crippen molar-refractivity contribution < 1.29 is 9.84 Å². The van der Waals surface area contributed by atoms with Crippen molar-refractivity contribution in [3.63, 3.8) is 0 Å². The summed E-state index contributed by atoms with van der Waals surface area (Å²) in [5.74, 6) is 1.02. The Balaban J connectivity index is 2.00. The van der Waals surface area contributed by atoms with Gasteiger partial charge in [0.25, 0.3) is 0 Å². The number of phenolic OH excluding ortho intramolecular Hbond substituents is 1. The van der Waals surface area contributed by atoms with Crippen LogP contribution in [0.3, 0.4) is 0 Å². The van der Waals surface area contributed by atoms with Crippen LogP contribution in [-0.2, 0) is 4.74 Å². The first-order chi connectivity index (χ1) is 10.3. The molecule has 21 heavy (non-hydrogen) atoms. The van der Waals surface area contributed by atoms with E-state index >= 15 is 0 Å². The van der Waals surface area contributed by atoms with Gasteiger partial charge in [-0.3, -0.25) is 4.57 Å². The van der Waals surface area contributed by atoms with Crippen molar-refractivity contribution in [3.05, 3.63) is 48.4 Å². The van der Waals surface area contributed by atoms with Gasteiger partial charge in [0.15, 0.2) is 5.65 Å². The maximum Gasteiger partial charge on any atom is 0.164 e. The standard InChI is InChI=1S/C16H15N3O2/c20-13-7-2-1-6-12(13)19-15-11(5-3-9-17-15)18-16(19)14-8-4-10-21-14/h1-3,5-7,9,14,20H,4,8,10H2. The summed E-state index contributed by atoms with van der Waals surface area (Å²) < 4.78 is 7.68. The number of hydrogen-bond donors (Lipinski definition) is 1. The van der Waals surface area contributed by atoms with Crippen LogP contribution in [0.15, 0.2) is 42.6 Å². The van der Waals surface area contributed by atoms with E-state index in [0.717, 1.165) is 36.4 Å². The lowest BCUT2D eigenvalue weighted by molar-refractivity contribution is 0.104. The van der Waals surface area contributed by atoms with Gasteiger partial charge in [0.2, 0.25) is 0 Å². The van der Waals surface area contributed by atoms with Crippen molar-refractivity contribution in [1.29, 1.82) is 0 Å². The number of phenols is 1. The van der Waals surface area contributed by atoms with Gasteiger partial charge in [-0.25, -0.2) is 9.97 Å². The van der Waals surface area contributed by atoms with E-state index in [1.165, 1.54) is 0 Å². The first kappa shape index (κ1) is 12.3. The molecular formula is C16H15N3O2.